The number of likely N-dealkylation sites (tertiary alicyclic amines) is 1. The first kappa shape index (κ1) is 19.2. The molecule has 0 spiro atoms. The van der Waals surface area contributed by atoms with E-state index in [1.165, 1.54) is 0 Å². The molecule has 0 bridgehead atoms. The Labute approximate surface area is 166 Å². The van der Waals surface area contributed by atoms with Crippen LogP contribution in [0.3, 0.4) is 0 Å². The highest BCUT2D eigenvalue weighted by Crippen LogP contribution is 2.45. The van der Waals surface area contributed by atoms with Gasteiger partial charge in [0.1, 0.15) is 11.5 Å². The maximum atomic E-state index is 11.2. The summed E-state index contributed by atoms with van der Waals surface area (Å²) < 4.78 is 5.29. The Morgan fingerprint density at radius 1 is 1.11 bits per heavy atom. The fraction of sp³-hybridized carbons (Fsp3) is 0.478. The van der Waals surface area contributed by atoms with Gasteiger partial charge in [-0.25, -0.2) is 0 Å². The van der Waals surface area contributed by atoms with E-state index in [9.17, 15) is 15.3 Å². The summed E-state index contributed by atoms with van der Waals surface area (Å²) in [7, 11) is 1.66. The number of aliphatic hydroxyl groups excluding tert-OH is 1. The van der Waals surface area contributed by atoms with Crippen LogP contribution in [-0.4, -0.2) is 52.6 Å². The molecule has 2 aromatic rings. The van der Waals surface area contributed by atoms with E-state index in [2.05, 4.69) is 11.0 Å². The Morgan fingerprint density at radius 2 is 1.79 bits per heavy atom. The van der Waals surface area contributed by atoms with E-state index in [-0.39, 0.29) is 5.75 Å². The molecule has 0 radical (unpaired) electrons. The number of phenolic OH excluding ortho intramolecular Hbond substituents is 1. The summed E-state index contributed by atoms with van der Waals surface area (Å²) in [4.78, 5) is 2.30. The number of β-amino-alcohol motifs (C(OH)–C–C–N with tert-alkyl or cyclic N) is 1. The van der Waals surface area contributed by atoms with Crippen LogP contribution < -0.4 is 4.74 Å². The zero-order valence-electron chi connectivity index (χ0n) is 16.3. The predicted molar refractivity (Wildman–Crippen MR) is 107 cm³/mol. The van der Waals surface area contributed by atoms with Crippen molar-refractivity contribution in [3.05, 3.63) is 59.7 Å². The van der Waals surface area contributed by atoms with Crippen LogP contribution in [0.1, 0.15) is 30.1 Å². The summed E-state index contributed by atoms with van der Waals surface area (Å²) >= 11 is 0. The molecule has 0 amide bonds. The first-order chi connectivity index (χ1) is 13.4. The minimum Gasteiger partial charge on any atom is -0.508 e. The summed E-state index contributed by atoms with van der Waals surface area (Å²) in [5, 5.41) is 31.0. The second-order valence-corrected chi connectivity index (χ2v) is 8.51. The van der Waals surface area contributed by atoms with E-state index < -0.39 is 11.7 Å². The van der Waals surface area contributed by atoms with Crippen molar-refractivity contribution < 1.29 is 20.1 Å². The van der Waals surface area contributed by atoms with Crippen LogP contribution in [0.4, 0.5) is 0 Å². The number of methoxy groups -OCH3 is 1. The smallest absolute Gasteiger partial charge is 0.119 e. The number of hydrogen-bond acceptors (Lipinski definition) is 5. The minimum absolute atomic E-state index is 0.210. The maximum absolute atomic E-state index is 11.2. The number of benzene rings is 2. The second kappa shape index (κ2) is 7.74. The zero-order valence-corrected chi connectivity index (χ0v) is 16.3. The van der Waals surface area contributed by atoms with Gasteiger partial charge in [-0.1, -0.05) is 24.3 Å². The molecule has 0 unspecified atom stereocenters. The molecular formula is C23H29NO4. The summed E-state index contributed by atoms with van der Waals surface area (Å²) in [5.41, 5.74) is 1.29. The van der Waals surface area contributed by atoms with Gasteiger partial charge in [-0.05, 0) is 60.1 Å². The van der Waals surface area contributed by atoms with Crippen molar-refractivity contribution in [3.63, 3.8) is 0 Å². The molecule has 2 aromatic carbocycles. The SMILES string of the molecule is COc1cccc(CC2(O)C[C@H]3CN(C[C@H](O)c4ccc(O)cc4)C[C@@H]3C2)c1. The average molecular weight is 383 g/mol. The van der Waals surface area contributed by atoms with E-state index in [0.717, 1.165) is 42.8 Å². The highest BCUT2D eigenvalue weighted by atomic mass is 16.5. The molecular weight excluding hydrogens is 354 g/mol. The molecule has 3 N–H and O–H groups in total. The molecule has 1 aliphatic heterocycles. The van der Waals surface area contributed by atoms with E-state index in [1.807, 2.05) is 18.2 Å². The molecule has 1 heterocycles. The molecule has 5 nitrogen and oxygen atoms in total. The van der Waals surface area contributed by atoms with Crippen molar-refractivity contribution in [2.45, 2.75) is 31.0 Å². The Balaban J connectivity index is 1.33. The molecule has 0 aromatic heterocycles. The number of nitrogens with zero attached hydrogens (tertiary/aromatic N) is 1. The molecule has 4 rings (SSSR count). The van der Waals surface area contributed by atoms with E-state index in [0.29, 0.717) is 24.8 Å². The molecule has 3 atom stereocenters. The third kappa shape index (κ3) is 4.17. The lowest BCUT2D eigenvalue weighted by Gasteiger charge is -2.27. The fourth-order valence-electron chi connectivity index (χ4n) is 5.06. The van der Waals surface area contributed by atoms with Gasteiger partial charge >= 0.3 is 0 Å². The monoisotopic (exact) mass is 383 g/mol. The van der Waals surface area contributed by atoms with Gasteiger partial charge in [0, 0.05) is 26.1 Å². The lowest BCUT2D eigenvalue weighted by Crippen LogP contribution is -2.33. The quantitative estimate of drug-likeness (QED) is 0.715. The topological polar surface area (TPSA) is 73.2 Å². The molecule has 150 valence electrons. The molecule has 1 aliphatic carbocycles. The van der Waals surface area contributed by atoms with Gasteiger partial charge in [0.15, 0.2) is 0 Å². The van der Waals surface area contributed by atoms with Gasteiger partial charge in [0.05, 0.1) is 18.8 Å². The van der Waals surface area contributed by atoms with Gasteiger partial charge < -0.3 is 20.1 Å². The fourth-order valence-corrected chi connectivity index (χ4v) is 5.06. The first-order valence-corrected chi connectivity index (χ1v) is 9.99. The number of fused-ring (bicyclic) bond motifs is 1. The van der Waals surface area contributed by atoms with Crippen molar-refractivity contribution in [3.8, 4) is 11.5 Å². The summed E-state index contributed by atoms with van der Waals surface area (Å²) in [6, 6.07) is 14.7. The lowest BCUT2D eigenvalue weighted by atomic mass is 9.91. The normalized spacial score (nSPS) is 24.8. The summed E-state index contributed by atoms with van der Waals surface area (Å²) in [6.45, 7) is 2.42. The third-order valence-corrected chi connectivity index (χ3v) is 6.31. The Hall–Kier alpha value is -2.08. The number of ether oxygens (including phenoxy) is 1. The maximum Gasteiger partial charge on any atom is 0.119 e. The Bertz CT molecular complexity index is 793. The van der Waals surface area contributed by atoms with Crippen LogP contribution in [0.5, 0.6) is 11.5 Å². The molecule has 1 saturated heterocycles. The average Bonchev–Trinajstić information content (AvgIpc) is 3.16. The third-order valence-electron chi connectivity index (χ3n) is 6.31. The van der Waals surface area contributed by atoms with Crippen molar-refractivity contribution in [2.24, 2.45) is 11.8 Å². The van der Waals surface area contributed by atoms with Crippen molar-refractivity contribution in [1.82, 2.24) is 4.90 Å². The van der Waals surface area contributed by atoms with Crippen LogP contribution in [0.2, 0.25) is 0 Å². The number of hydrogen-bond donors (Lipinski definition) is 3. The number of rotatable bonds is 6. The molecule has 2 aliphatic rings. The van der Waals surface area contributed by atoms with Gasteiger partial charge in [0.25, 0.3) is 0 Å². The van der Waals surface area contributed by atoms with Crippen LogP contribution >= 0.6 is 0 Å². The van der Waals surface area contributed by atoms with E-state index in [1.54, 1.807) is 31.4 Å². The lowest BCUT2D eigenvalue weighted by molar-refractivity contribution is 0.0328. The number of aliphatic hydroxyl groups is 2. The molecule has 28 heavy (non-hydrogen) atoms. The van der Waals surface area contributed by atoms with Gasteiger partial charge in [0.2, 0.25) is 0 Å². The molecule has 2 fully saturated rings. The highest BCUT2D eigenvalue weighted by Gasteiger charge is 2.48. The van der Waals surface area contributed by atoms with E-state index in [4.69, 9.17) is 4.74 Å². The van der Waals surface area contributed by atoms with Gasteiger partial charge in [-0.15, -0.1) is 0 Å². The second-order valence-electron chi connectivity index (χ2n) is 8.51. The van der Waals surface area contributed by atoms with Crippen LogP contribution in [0.15, 0.2) is 48.5 Å². The largest absolute Gasteiger partial charge is 0.508 e. The predicted octanol–water partition coefficient (Wildman–Crippen LogP) is 2.75. The molecule has 5 heteroatoms. The Morgan fingerprint density at radius 3 is 2.43 bits per heavy atom. The van der Waals surface area contributed by atoms with Crippen molar-refractivity contribution in [2.75, 3.05) is 26.7 Å². The number of aromatic hydroxyl groups is 1. The van der Waals surface area contributed by atoms with E-state index >= 15 is 0 Å². The van der Waals surface area contributed by atoms with Crippen LogP contribution in [-0.2, 0) is 6.42 Å². The van der Waals surface area contributed by atoms with Crippen LogP contribution in [0, 0.1) is 11.8 Å². The van der Waals surface area contributed by atoms with Gasteiger partial charge in [-0.3, -0.25) is 4.90 Å². The van der Waals surface area contributed by atoms with Crippen LogP contribution in [0.25, 0.3) is 0 Å². The summed E-state index contributed by atoms with van der Waals surface area (Å²) in [5.74, 6) is 1.99. The highest BCUT2D eigenvalue weighted by molar-refractivity contribution is 5.30. The zero-order chi connectivity index (χ0) is 19.7. The van der Waals surface area contributed by atoms with Gasteiger partial charge in [-0.2, -0.15) is 0 Å². The van der Waals surface area contributed by atoms with Crippen molar-refractivity contribution >= 4 is 0 Å². The Kier molecular flexibility index (Phi) is 5.32. The standard InChI is InChI=1S/C23H29NO4/c1-28-21-4-2-3-16(9-21)10-23(27)11-18-13-24(14-19(18)12-23)15-22(26)17-5-7-20(25)8-6-17/h2-9,18-19,22,25-27H,10-15H2,1H3/t18-,19-,22-/m0/s1. The first-order valence-electron chi connectivity index (χ1n) is 9.99. The minimum atomic E-state index is -0.649. The summed E-state index contributed by atoms with van der Waals surface area (Å²) in [6.07, 6.45) is 1.71. The molecule has 1 saturated carbocycles. The number of phenols is 1. The van der Waals surface area contributed by atoms with Crippen molar-refractivity contribution in [1.29, 1.82) is 0 Å².